The maximum absolute atomic E-state index is 12.5. The van der Waals surface area contributed by atoms with E-state index in [2.05, 4.69) is 4.99 Å². The van der Waals surface area contributed by atoms with E-state index in [9.17, 15) is 14.4 Å². The molecule has 0 bridgehead atoms. The molecular weight excluding hydrogens is 346 g/mol. The van der Waals surface area contributed by atoms with Gasteiger partial charge in [0.15, 0.2) is 5.76 Å². The van der Waals surface area contributed by atoms with Gasteiger partial charge in [-0.15, -0.1) is 0 Å². The number of ketones is 1. The average molecular weight is 363 g/mol. The zero-order valence-corrected chi connectivity index (χ0v) is 15.1. The molecule has 6 nitrogen and oxygen atoms in total. The average Bonchev–Trinajstić information content (AvgIpc) is 2.60. The third kappa shape index (κ3) is 4.00. The molecule has 0 spiro atoms. The molecule has 2 aromatic rings. The summed E-state index contributed by atoms with van der Waals surface area (Å²) in [5.41, 5.74) is 2.93. The van der Waals surface area contributed by atoms with Crippen molar-refractivity contribution in [3.8, 4) is 5.75 Å². The van der Waals surface area contributed by atoms with Gasteiger partial charge in [0.05, 0.1) is 11.4 Å². The third-order valence-corrected chi connectivity index (χ3v) is 3.85. The van der Waals surface area contributed by atoms with Gasteiger partial charge in [0, 0.05) is 31.1 Å². The van der Waals surface area contributed by atoms with Gasteiger partial charge in [-0.05, 0) is 30.7 Å². The van der Waals surface area contributed by atoms with Gasteiger partial charge >= 0.3 is 11.9 Å². The molecule has 0 fully saturated rings. The molecule has 0 atom stereocenters. The van der Waals surface area contributed by atoms with Gasteiger partial charge in [-0.2, -0.15) is 0 Å². The Bertz CT molecular complexity index is 1020. The molecule has 27 heavy (non-hydrogen) atoms. The summed E-state index contributed by atoms with van der Waals surface area (Å²) in [6, 6.07) is 12.1. The van der Waals surface area contributed by atoms with Gasteiger partial charge in [0.25, 0.3) is 0 Å². The smallest absolute Gasteiger partial charge is 0.308 e. The van der Waals surface area contributed by atoms with E-state index < -0.39 is 11.9 Å². The summed E-state index contributed by atoms with van der Waals surface area (Å²) in [6.45, 7) is 4.38. The molecule has 3 rings (SSSR count). The van der Waals surface area contributed by atoms with Crippen LogP contribution in [-0.2, 0) is 14.3 Å². The summed E-state index contributed by atoms with van der Waals surface area (Å²) in [5, 5.41) is 0. The topological polar surface area (TPSA) is 82.0 Å². The number of benzene rings is 2. The largest absolute Gasteiger partial charge is 0.426 e. The van der Waals surface area contributed by atoms with Gasteiger partial charge in [-0.25, -0.2) is 4.99 Å². The first-order valence-corrected chi connectivity index (χ1v) is 8.27. The number of fused-ring (bicyclic) bond motifs is 1. The van der Waals surface area contributed by atoms with Crippen molar-refractivity contribution in [3.63, 3.8) is 0 Å². The van der Waals surface area contributed by atoms with Crippen LogP contribution in [-0.4, -0.2) is 23.4 Å². The predicted octanol–water partition coefficient (Wildman–Crippen LogP) is 3.68. The van der Waals surface area contributed by atoms with Crippen LogP contribution in [0.3, 0.4) is 0 Å². The van der Waals surface area contributed by atoms with Gasteiger partial charge in [0.2, 0.25) is 5.78 Å². The SMILES string of the molecule is CC(=O)OC1=CC(=Nc2ccc(OC(C)=O)c(C)c2)c2ccccc2C1=O. The highest BCUT2D eigenvalue weighted by molar-refractivity contribution is 6.26. The summed E-state index contributed by atoms with van der Waals surface area (Å²) in [6.07, 6.45) is 1.46. The minimum atomic E-state index is -0.574. The Kier molecular flexibility index (Phi) is 4.98. The molecule has 2 aromatic carbocycles. The lowest BCUT2D eigenvalue weighted by Gasteiger charge is -2.17. The highest BCUT2D eigenvalue weighted by Gasteiger charge is 2.26. The van der Waals surface area contributed by atoms with Crippen LogP contribution in [0.2, 0.25) is 0 Å². The molecule has 0 heterocycles. The van der Waals surface area contributed by atoms with Gasteiger partial charge in [-0.1, -0.05) is 24.3 Å². The van der Waals surface area contributed by atoms with Crippen molar-refractivity contribution in [1.29, 1.82) is 0 Å². The van der Waals surface area contributed by atoms with Gasteiger partial charge in [-0.3, -0.25) is 14.4 Å². The fourth-order valence-electron chi connectivity index (χ4n) is 2.74. The number of aryl methyl sites for hydroxylation is 1. The van der Waals surface area contributed by atoms with Crippen molar-refractivity contribution < 1.29 is 23.9 Å². The number of carbonyl (C=O) groups is 3. The Labute approximate surface area is 156 Å². The normalized spacial score (nSPS) is 14.4. The number of hydrogen-bond acceptors (Lipinski definition) is 6. The highest BCUT2D eigenvalue weighted by Crippen LogP contribution is 2.28. The molecule has 136 valence electrons. The Hall–Kier alpha value is -3.54. The van der Waals surface area contributed by atoms with Crippen LogP contribution < -0.4 is 4.74 Å². The second-order valence-corrected chi connectivity index (χ2v) is 6.02. The quantitative estimate of drug-likeness (QED) is 0.614. The number of hydrogen-bond donors (Lipinski definition) is 0. The first-order valence-electron chi connectivity index (χ1n) is 8.27. The number of nitrogens with zero attached hydrogens (tertiary/aromatic N) is 1. The number of Topliss-reactive ketones (excluding diaryl/α,β-unsaturated/α-hetero) is 1. The van der Waals surface area contributed by atoms with Gasteiger partial charge in [0.1, 0.15) is 5.75 Å². The molecule has 0 aromatic heterocycles. The lowest BCUT2D eigenvalue weighted by Crippen LogP contribution is -2.20. The van der Waals surface area contributed by atoms with Gasteiger partial charge < -0.3 is 9.47 Å². The molecule has 0 aliphatic heterocycles. The second kappa shape index (κ2) is 7.37. The minimum absolute atomic E-state index is 0.0618. The third-order valence-electron chi connectivity index (χ3n) is 3.85. The first-order chi connectivity index (χ1) is 12.8. The van der Waals surface area contributed by atoms with E-state index in [1.165, 1.54) is 19.9 Å². The number of carbonyl (C=O) groups excluding carboxylic acids is 3. The van der Waals surface area contributed by atoms with E-state index in [1.54, 1.807) is 49.4 Å². The van der Waals surface area contributed by atoms with Crippen molar-refractivity contribution in [1.82, 2.24) is 0 Å². The second-order valence-electron chi connectivity index (χ2n) is 6.02. The number of allylic oxidation sites excluding steroid dienone is 2. The molecule has 0 saturated carbocycles. The van der Waals surface area contributed by atoms with Crippen molar-refractivity contribution in [2.45, 2.75) is 20.8 Å². The Morgan fingerprint density at radius 1 is 0.926 bits per heavy atom. The van der Waals surface area contributed by atoms with Crippen LogP contribution in [0, 0.1) is 6.92 Å². The van der Waals surface area contributed by atoms with Crippen LogP contribution >= 0.6 is 0 Å². The molecule has 0 saturated heterocycles. The summed E-state index contributed by atoms with van der Waals surface area (Å²) in [7, 11) is 0. The predicted molar refractivity (Wildman–Crippen MR) is 99.3 cm³/mol. The van der Waals surface area contributed by atoms with Crippen LogP contribution in [0.4, 0.5) is 5.69 Å². The minimum Gasteiger partial charge on any atom is -0.426 e. The van der Waals surface area contributed by atoms with Crippen LogP contribution in [0.25, 0.3) is 0 Å². The maximum atomic E-state index is 12.5. The number of rotatable bonds is 3. The zero-order chi connectivity index (χ0) is 19.6. The zero-order valence-electron chi connectivity index (χ0n) is 15.1. The molecular formula is C21H17NO5. The van der Waals surface area contributed by atoms with Crippen molar-refractivity contribution in [2.75, 3.05) is 0 Å². The highest BCUT2D eigenvalue weighted by atomic mass is 16.5. The monoisotopic (exact) mass is 363 g/mol. The van der Waals surface area contributed by atoms with E-state index in [1.807, 2.05) is 0 Å². The van der Waals surface area contributed by atoms with E-state index in [4.69, 9.17) is 9.47 Å². The molecule has 0 radical (unpaired) electrons. The fraction of sp³-hybridized carbons (Fsp3) is 0.143. The van der Waals surface area contributed by atoms with E-state index in [0.29, 0.717) is 28.3 Å². The standard InChI is InChI=1S/C21H17NO5/c1-12-10-15(8-9-19(12)26-13(2)23)22-18-11-20(27-14(3)24)21(25)17-7-5-4-6-16(17)18/h4-11H,1-3H3. The number of aliphatic imine (C=N–C) groups is 1. The summed E-state index contributed by atoms with van der Waals surface area (Å²) >= 11 is 0. The van der Waals surface area contributed by atoms with Crippen LogP contribution in [0.15, 0.2) is 59.3 Å². The Morgan fingerprint density at radius 2 is 1.59 bits per heavy atom. The number of ether oxygens (including phenoxy) is 2. The maximum Gasteiger partial charge on any atom is 0.308 e. The van der Waals surface area contributed by atoms with Crippen molar-refractivity contribution >= 4 is 29.1 Å². The molecule has 6 heteroatoms. The lowest BCUT2D eigenvalue weighted by atomic mass is 9.93. The van der Waals surface area contributed by atoms with Crippen molar-refractivity contribution in [3.05, 3.63) is 71.0 Å². The first kappa shape index (κ1) is 18.3. The molecule has 0 N–H and O–H groups in total. The van der Waals surface area contributed by atoms with Crippen LogP contribution in [0.5, 0.6) is 5.75 Å². The van der Waals surface area contributed by atoms with E-state index in [0.717, 1.165) is 5.56 Å². The molecule has 1 aliphatic rings. The summed E-state index contributed by atoms with van der Waals surface area (Å²) in [5.74, 6) is -0.933. The van der Waals surface area contributed by atoms with E-state index in [-0.39, 0.29) is 11.5 Å². The van der Waals surface area contributed by atoms with E-state index >= 15 is 0 Å². The lowest BCUT2D eigenvalue weighted by molar-refractivity contribution is -0.136. The summed E-state index contributed by atoms with van der Waals surface area (Å²) < 4.78 is 10.2. The molecule has 0 unspecified atom stereocenters. The van der Waals surface area contributed by atoms with Crippen molar-refractivity contribution in [2.24, 2.45) is 4.99 Å². The Morgan fingerprint density at radius 3 is 2.22 bits per heavy atom. The van der Waals surface area contributed by atoms with Crippen LogP contribution in [0.1, 0.15) is 35.3 Å². The molecule has 0 amide bonds. The molecule has 1 aliphatic carbocycles. The number of esters is 2. The summed E-state index contributed by atoms with van der Waals surface area (Å²) in [4.78, 5) is 39.5. The Balaban J connectivity index is 2.06. The fourth-order valence-corrected chi connectivity index (χ4v) is 2.74.